The Bertz CT molecular complexity index is 1030. The predicted octanol–water partition coefficient (Wildman–Crippen LogP) is 2.78. The molecule has 0 bridgehead atoms. The molecule has 1 saturated heterocycles. The highest BCUT2D eigenvalue weighted by Gasteiger charge is 2.22. The summed E-state index contributed by atoms with van der Waals surface area (Å²) in [6.07, 6.45) is 4.05. The predicted molar refractivity (Wildman–Crippen MR) is 108 cm³/mol. The van der Waals surface area contributed by atoms with Gasteiger partial charge in [-0.25, -0.2) is 0 Å². The summed E-state index contributed by atoms with van der Waals surface area (Å²) in [5, 5.41) is 14.0. The molecule has 4 rings (SSSR count). The molecule has 2 aromatic carbocycles. The lowest BCUT2D eigenvalue weighted by molar-refractivity contribution is -0.385. The monoisotopic (exact) mass is 409 g/mol. The van der Waals surface area contributed by atoms with Crippen molar-refractivity contribution in [2.24, 2.45) is 0 Å². The van der Waals surface area contributed by atoms with Gasteiger partial charge in [0.05, 0.1) is 16.6 Å². The molecule has 0 aromatic heterocycles. The zero-order valence-corrected chi connectivity index (χ0v) is 16.0. The molecule has 2 aromatic rings. The summed E-state index contributed by atoms with van der Waals surface area (Å²) in [6, 6.07) is 10.2. The van der Waals surface area contributed by atoms with Gasteiger partial charge in [-0.15, -0.1) is 0 Å². The quantitative estimate of drug-likeness (QED) is 0.446. The van der Waals surface area contributed by atoms with Crippen LogP contribution in [0, 0.1) is 10.1 Å². The molecular weight excluding hydrogens is 390 g/mol. The fraction of sp³-hybridized carbons (Fsp3) is 0.238. The van der Waals surface area contributed by atoms with Crippen LogP contribution in [0.4, 0.5) is 11.4 Å². The Morgan fingerprint density at radius 3 is 2.60 bits per heavy atom. The summed E-state index contributed by atoms with van der Waals surface area (Å²) < 4.78 is 10.4. The van der Waals surface area contributed by atoms with Crippen molar-refractivity contribution in [1.82, 2.24) is 5.32 Å². The maximum Gasteiger partial charge on any atom is 0.280 e. The van der Waals surface area contributed by atoms with Gasteiger partial charge in [0.1, 0.15) is 0 Å². The van der Waals surface area contributed by atoms with Gasteiger partial charge in [-0.1, -0.05) is 12.1 Å². The first kappa shape index (κ1) is 19.4. The molecule has 1 fully saturated rings. The summed E-state index contributed by atoms with van der Waals surface area (Å²) in [5.41, 5.74) is 1.80. The minimum absolute atomic E-state index is 0.00481. The topological polar surface area (TPSA) is 111 Å². The molecule has 0 saturated carbocycles. The van der Waals surface area contributed by atoms with E-state index < -0.39 is 4.92 Å². The number of benzene rings is 2. The molecule has 154 valence electrons. The molecule has 0 aliphatic carbocycles. The smallest absolute Gasteiger partial charge is 0.280 e. The minimum Gasteiger partial charge on any atom is -0.454 e. The summed E-state index contributed by atoms with van der Waals surface area (Å²) in [5.74, 6) is 0.444. The molecule has 0 radical (unpaired) electrons. The molecule has 0 unspecified atom stereocenters. The van der Waals surface area contributed by atoms with Crippen LogP contribution in [0.1, 0.15) is 24.0 Å². The van der Waals surface area contributed by atoms with Gasteiger partial charge in [-0.3, -0.25) is 19.7 Å². The van der Waals surface area contributed by atoms with E-state index in [1.54, 1.807) is 4.90 Å². The number of hydrogen-bond donors (Lipinski definition) is 1. The Morgan fingerprint density at radius 2 is 1.93 bits per heavy atom. The number of carbonyl (C=O) groups excluding carboxylic acids is 2. The molecule has 0 atom stereocenters. The lowest BCUT2D eigenvalue weighted by atomic mass is 10.1. The molecule has 9 heteroatoms. The van der Waals surface area contributed by atoms with E-state index in [9.17, 15) is 19.7 Å². The Hall–Kier alpha value is -3.88. The molecule has 0 spiro atoms. The minimum atomic E-state index is -0.536. The van der Waals surface area contributed by atoms with Crippen molar-refractivity contribution in [3.8, 4) is 11.5 Å². The van der Waals surface area contributed by atoms with E-state index in [0.717, 1.165) is 24.2 Å². The van der Waals surface area contributed by atoms with E-state index in [2.05, 4.69) is 5.32 Å². The molecule has 9 nitrogen and oxygen atoms in total. The second kappa shape index (κ2) is 8.24. The first-order valence-electron chi connectivity index (χ1n) is 9.44. The van der Waals surface area contributed by atoms with Gasteiger partial charge >= 0.3 is 0 Å². The highest BCUT2D eigenvalue weighted by molar-refractivity contribution is 5.95. The maximum atomic E-state index is 12.1. The van der Waals surface area contributed by atoms with Gasteiger partial charge in [0.2, 0.25) is 18.6 Å². The largest absolute Gasteiger partial charge is 0.454 e. The number of ether oxygens (including phenoxy) is 2. The van der Waals surface area contributed by atoms with Gasteiger partial charge < -0.3 is 19.7 Å². The lowest BCUT2D eigenvalue weighted by Crippen LogP contribution is -2.23. The van der Waals surface area contributed by atoms with Crippen LogP contribution in [0.5, 0.6) is 11.5 Å². The normalized spacial score (nSPS) is 15.1. The van der Waals surface area contributed by atoms with Crippen molar-refractivity contribution < 1.29 is 24.0 Å². The molecule has 2 aliphatic rings. The average molecular weight is 409 g/mol. The number of nitrogens with zero attached hydrogens (tertiary/aromatic N) is 2. The van der Waals surface area contributed by atoms with E-state index in [4.69, 9.17) is 9.47 Å². The Morgan fingerprint density at radius 1 is 1.20 bits per heavy atom. The molecule has 2 amide bonds. The average Bonchev–Trinajstić information content (AvgIpc) is 3.38. The Kier molecular flexibility index (Phi) is 5.34. The number of anilines is 1. The van der Waals surface area contributed by atoms with Gasteiger partial charge in [0, 0.05) is 31.3 Å². The van der Waals surface area contributed by atoms with E-state index in [1.807, 2.05) is 24.3 Å². The number of carbonyl (C=O) groups is 2. The van der Waals surface area contributed by atoms with Crippen LogP contribution in [0.15, 0.2) is 42.5 Å². The first-order chi connectivity index (χ1) is 14.5. The zero-order chi connectivity index (χ0) is 21.1. The van der Waals surface area contributed by atoms with Crippen molar-refractivity contribution >= 4 is 29.3 Å². The van der Waals surface area contributed by atoms with Crippen LogP contribution >= 0.6 is 0 Å². The number of fused-ring (bicyclic) bond motifs is 1. The van der Waals surface area contributed by atoms with E-state index >= 15 is 0 Å². The van der Waals surface area contributed by atoms with Crippen LogP contribution in [0.2, 0.25) is 0 Å². The highest BCUT2D eigenvalue weighted by Crippen LogP contribution is 2.38. The van der Waals surface area contributed by atoms with Crippen molar-refractivity contribution in [2.75, 3.05) is 18.2 Å². The number of nitro benzene ring substituents is 1. The van der Waals surface area contributed by atoms with Crippen LogP contribution in [0.3, 0.4) is 0 Å². The third-order valence-electron chi connectivity index (χ3n) is 4.92. The zero-order valence-electron chi connectivity index (χ0n) is 16.0. The fourth-order valence-electron chi connectivity index (χ4n) is 3.37. The number of nitrogens with one attached hydrogen (secondary N) is 1. The Labute approximate surface area is 172 Å². The van der Waals surface area contributed by atoms with Crippen molar-refractivity contribution in [1.29, 1.82) is 0 Å². The van der Waals surface area contributed by atoms with E-state index in [-0.39, 0.29) is 29.9 Å². The maximum absolute atomic E-state index is 12.1. The van der Waals surface area contributed by atoms with Crippen LogP contribution in [-0.4, -0.2) is 30.1 Å². The third kappa shape index (κ3) is 4.09. The summed E-state index contributed by atoms with van der Waals surface area (Å²) >= 11 is 0. The van der Waals surface area contributed by atoms with Crippen LogP contribution < -0.4 is 19.7 Å². The number of rotatable bonds is 6. The molecule has 2 heterocycles. The van der Waals surface area contributed by atoms with Gasteiger partial charge in [-0.05, 0) is 36.3 Å². The third-order valence-corrected chi connectivity index (χ3v) is 4.92. The number of nitro groups is 1. The van der Waals surface area contributed by atoms with Gasteiger partial charge in [-0.2, -0.15) is 0 Å². The SMILES string of the molecule is O=C(/C=C/c1cc2c(cc1[N+](=O)[O-])OCO2)NCc1ccc(N2CCCC2=O)cc1. The highest BCUT2D eigenvalue weighted by atomic mass is 16.7. The Balaban J connectivity index is 1.38. The molecular formula is C21H19N3O6. The molecule has 2 aliphatic heterocycles. The van der Waals surface area contributed by atoms with Crippen molar-refractivity contribution in [2.45, 2.75) is 19.4 Å². The second-order valence-corrected chi connectivity index (χ2v) is 6.89. The van der Waals surface area contributed by atoms with Gasteiger partial charge in [0.25, 0.3) is 5.69 Å². The standard InChI is InChI=1S/C21H19N3O6/c25-20(8-5-15-10-18-19(30-13-29-18)11-17(15)24(27)28)22-12-14-3-6-16(7-4-14)23-9-1-2-21(23)26/h3-8,10-11H,1-2,9,12-13H2,(H,22,25)/b8-5+. The van der Waals surface area contributed by atoms with Crippen LogP contribution in [-0.2, 0) is 16.1 Å². The fourth-order valence-corrected chi connectivity index (χ4v) is 3.37. The van der Waals surface area contributed by atoms with E-state index in [1.165, 1.54) is 24.3 Å². The lowest BCUT2D eigenvalue weighted by Gasteiger charge is -2.15. The van der Waals surface area contributed by atoms with E-state index in [0.29, 0.717) is 24.5 Å². The summed E-state index contributed by atoms with van der Waals surface area (Å²) in [7, 11) is 0. The summed E-state index contributed by atoms with van der Waals surface area (Å²) in [4.78, 5) is 36.4. The number of amides is 2. The molecule has 1 N–H and O–H groups in total. The van der Waals surface area contributed by atoms with Crippen molar-refractivity contribution in [3.05, 3.63) is 63.7 Å². The van der Waals surface area contributed by atoms with Crippen LogP contribution in [0.25, 0.3) is 6.08 Å². The second-order valence-electron chi connectivity index (χ2n) is 6.89. The summed E-state index contributed by atoms with van der Waals surface area (Å²) in [6.45, 7) is 1.02. The number of hydrogen-bond acceptors (Lipinski definition) is 6. The van der Waals surface area contributed by atoms with Crippen molar-refractivity contribution in [3.63, 3.8) is 0 Å². The molecule has 30 heavy (non-hydrogen) atoms. The van der Waals surface area contributed by atoms with Gasteiger partial charge in [0.15, 0.2) is 11.5 Å². The first-order valence-corrected chi connectivity index (χ1v) is 9.44.